The molecule has 0 atom stereocenters. The van der Waals surface area contributed by atoms with Crippen molar-refractivity contribution in [2.45, 2.75) is 62.6 Å². The van der Waals surface area contributed by atoms with Gasteiger partial charge in [0.2, 0.25) is 10.0 Å². The number of rotatable bonds is 8. The number of ether oxygens (including phenoxy) is 2. The van der Waals surface area contributed by atoms with Crippen molar-refractivity contribution in [1.82, 2.24) is 14.6 Å². The number of benzene rings is 1. The maximum atomic E-state index is 13.0. The molecule has 4 rings (SSSR count). The fourth-order valence-corrected chi connectivity index (χ4v) is 6.70. The minimum Gasteiger partial charge on any atom is -0.495 e. The molecule has 2 aromatic rings. The Morgan fingerprint density at radius 2 is 1.77 bits per heavy atom. The number of anilines is 1. The summed E-state index contributed by atoms with van der Waals surface area (Å²) in [6, 6.07) is 8.90. The number of nitrogens with one attached hydrogen (secondary N) is 1. The topological polar surface area (TPSA) is 84.0 Å². The van der Waals surface area contributed by atoms with E-state index in [9.17, 15) is 8.42 Å². The Morgan fingerprint density at radius 3 is 2.43 bits per heavy atom. The molecule has 0 unspecified atom stereocenters. The quantitative estimate of drug-likeness (QED) is 0.562. The van der Waals surface area contributed by atoms with Crippen LogP contribution in [0.3, 0.4) is 0 Å². The van der Waals surface area contributed by atoms with Gasteiger partial charge in [-0.25, -0.2) is 18.1 Å². The van der Waals surface area contributed by atoms with Crippen molar-refractivity contribution in [2.75, 3.05) is 38.2 Å². The number of aromatic nitrogens is 1. The third kappa shape index (κ3) is 6.39. The zero-order valence-corrected chi connectivity index (χ0v) is 22.2. The van der Waals surface area contributed by atoms with E-state index in [1.807, 2.05) is 32.2 Å². The van der Waals surface area contributed by atoms with Gasteiger partial charge in [-0.2, -0.15) is 0 Å². The molecule has 2 heterocycles. The standard InChI is InChI=1S/C25H35ClN4O4S/c1-18(2)34-23-5-4-12-27-25(23)30-15-13-29(14-16-30)21-9-7-20(8-10-21)28-35(31,32)24-17-19(26)6-11-22(24)33-3/h4-6,11-12,17-18,20-21,28H,7-10,13-16H2,1-3H3/t20-,21-. The molecule has 35 heavy (non-hydrogen) atoms. The molecule has 1 saturated carbocycles. The molecule has 1 aliphatic carbocycles. The first-order chi connectivity index (χ1) is 16.8. The monoisotopic (exact) mass is 522 g/mol. The predicted octanol–water partition coefficient (Wildman–Crippen LogP) is 3.94. The Labute approximate surface area is 213 Å². The fourth-order valence-electron chi connectivity index (χ4n) is 4.97. The molecule has 2 fully saturated rings. The van der Waals surface area contributed by atoms with E-state index in [-0.39, 0.29) is 17.0 Å². The van der Waals surface area contributed by atoms with Gasteiger partial charge in [-0.3, -0.25) is 4.90 Å². The minimum atomic E-state index is -3.72. The van der Waals surface area contributed by atoms with Crippen LogP contribution in [0.1, 0.15) is 39.5 Å². The van der Waals surface area contributed by atoms with Crippen LogP contribution in [0.2, 0.25) is 5.02 Å². The Morgan fingerprint density at radius 1 is 1.06 bits per heavy atom. The highest BCUT2D eigenvalue weighted by Gasteiger charge is 2.32. The van der Waals surface area contributed by atoms with Gasteiger partial charge < -0.3 is 14.4 Å². The van der Waals surface area contributed by atoms with Crippen LogP contribution in [0, 0.1) is 0 Å². The smallest absolute Gasteiger partial charge is 0.244 e. The van der Waals surface area contributed by atoms with E-state index in [1.54, 1.807) is 12.1 Å². The first kappa shape index (κ1) is 26.0. The summed E-state index contributed by atoms with van der Waals surface area (Å²) in [6.45, 7) is 7.75. The average molecular weight is 523 g/mol. The van der Waals surface area contributed by atoms with Crippen molar-refractivity contribution in [2.24, 2.45) is 0 Å². The van der Waals surface area contributed by atoms with Crippen molar-refractivity contribution in [3.8, 4) is 11.5 Å². The molecule has 2 aliphatic rings. The van der Waals surface area contributed by atoms with Gasteiger partial charge in [-0.1, -0.05) is 11.6 Å². The normalized spacial score (nSPS) is 21.8. The third-order valence-corrected chi connectivity index (χ3v) is 8.45. The SMILES string of the molecule is COc1ccc(Cl)cc1S(=O)(=O)N[C@H]1CC[C@H](N2CCN(c3ncccc3OC(C)C)CC2)CC1. The number of nitrogens with zero attached hydrogens (tertiary/aromatic N) is 3. The van der Waals surface area contributed by atoms with Crippen LogP contribution in [0.5, 0.6) is 11.5 Å². The van der Waals surface area contributed by atoms with Crippen LogP contribution in [0.4, 0.5) is 5.82 Å². The maximum absolute atomic E-state index is 13.0. The molecular weight excluding hydrogens is 488 g/mol. The number of pyridine rings is 1. The second-order valence-electron chi connectivity index (χ2n) is 9.44. The van der Waals surface area contributed by atoms with Gasteiger partial charge in [0.1, 0.15) is 10.6 Å². The van der Waals surface area contributed by atoms with Crippen LogP contribution < -0.4 is 19.1 Å². The van der Waals surface area contributed by atoms with Crippen molar-refractivity contribution < 1.29 is 17.9 Å². The summed E-state index contributed by atoms with van der Waals surface area (Å²) in [7, 11) is -2.26. The van der Waals surface area contributed by atoms with Gasteiger partial charge in [0, 0.05) is 49.5 Å². The van der Waals surface area contributed by atoms with Crippen LogP contribution in [0.15, 0.2) is 41.4 Å². The van der Waals surface area contributed by atoms with Crippen molar-refractivity contribution in [3.05, 3.63) is 41.6 Å². The average Bonchev–Trinajstić information content (AvgIpc) is 2.84. The lowest BCUT2D eigenvalue weighted by Crippen LogP contribution is -2.52. The van der Waals surface area contributed by atoms with Crippen LogP contribution in [0.25, 0.3) is 0 Å². The maximum Gasteiger partial charge on any atom is 0.244 e. The lowest BCUT2D eigenvalue weighted by atomic mass is 9.90. The Hall–Kier alpha value is -2.07. The van der Waals surface area contributed by atoms with Crippen LogP contribution in [-0.2, 0) is 10.0 Å². The number of halogens is 1. The van der Waals surface area contributed by atoms with Gasteiger partial charge in [0.05, 0.1) is 13.2 Å². The number of methoxy groups -OCH3 is 1. The summed E-state index contributed by atoms with van der Waals surface area (Å²) >= 11 is 6.04. The summed E-state index contributed by atoms with van der Waals surface area (Å²) in [5.74, 6) is 2.04. The molecule has 0 spiro atoms. The van der Waals surface area contributed by atoms with Crippen molar-refractivity contribution in [3.63, 3.8) is 0 Å². The summed E-state index contributed by atoms with van der Waals surface area (Å²) < 4.78 is 40.1. The lowest BCUT2D eigenvalue weighted by molar-refractivity contribution is 0.139. The number of hydrogen-bond acceptors (Lipinski definition) is 7. The summed E-state index contributed by atoms with van der Waals surface area (Å²) in [5, 5.41) is 0.364. The number of sulfonamides is 1. The number of piperazine rings is 1. The van der Waals surface area contributed by atoms with Crippen molar-refractivity contribution >= 4 is 27.4 Å². The van der Waals surface area contributed by atoms with E-state index in [0.29, 0.717) is 16.8 Å². The van der Waals surface area contributed by atoms with Crippen molar-refractivity contribution in [1.29, 1.82) is 0 Å². The zero-order chi connectivity index (χ0) is 25.0. The molecule has 1 aromatic heterocycles. The second kappa shape index (κ2) is 11.3. The summed E-state index contributed by atoms with van der Waals surface area (Å²) in [4.78, 5) is 9.50. The predicted molar refractivity (Wildman–Crippen MR) is 138 cm³/mol. The molecule has 1 aromatic carbocycles. The van der Waals surface area contributed by atoms with E-state index in [4.69, 9.17) is 21.1 Å². The largest absolute Gasteiger partial charge is 0.495 e. The van der Waals surface area contributed by atoms with E-state index in [2.05, 4.69) is 19.5 Å². The number of hydrogen-bond donors (Lipinski definition) is 1. The van der Waals surface area contributed by atoms with Gasteiger partial charge in [0.25, 0.3) is 0 Å². The van der Waals surface area contributed by atoms with Crippen LogP contribution in [-0.4, -0.2) is 69.8 Å². The Bertz CT molecular complexity index is 1100. The second-order valence-corrected chi connectivity index (χ2v) is 11.6. The summed E-state index contributed by atoms with van der Waals surface area (Å²) in [5.41, 5.74) is 0. The Balaban J connectivity index is 1.30. The first-order valence-electron chi connectivity index (χ1n) is 12.2. The molecule has 192 valence electrons. The van der Waals surface area contributed by atoms with E-state index in [0.717, 1.165) is 63.4 Å². The molecule has 1 saturated heterocycles. The first-order valence-corrected chi connectivity index (χ1v) is 14.1. The molecule has 1 aliphatic heterocycles. The molecular formula is C25H35ClN4O4S. The van der Waals surface area contributed by atoms with E-state index >= 15 is 0 Å². The lowest BCUT2D eigenvalue weighted by Gasteiger charge is -2.42. The van der Waals surface area contributed by atoms with Crippen LogP contribution >= 0.6 is 11.6 Å². The fraction of sp³-hybridized carbons (Fsp3) is 0.560. The molecule has 0 amide bonds. The van der Waals surface area contributed by atoms with Gasteiger partial charge >= 0.3 is 0 Å². The molecule has 0 bridgehead atoms. The van der Waals surface area contributed by atoms with Gasteiger partial charge in [0.15, 0.2) is 11.6 Å². The highest BCUT2D eigenvalue weighted by Crippen LogP contribution is 2.31. The van der Waals surface area contributed by atoms with Gasteiger partial charge in [-0.15, -0.1) is 0 Å². The van der Waals surface area contributed by atoms with E-state index in [1.165, 1.54) is 13.2 Å². The summed E-state index contributed by atoms with van der Waals surface area (Å²) in [6.07, 6.45) is 5.46. The molecule has 10 heteroatoms. The molecule has 8 nitrogen and oxygen atoms in total. The highest BCUT2D eigenvalue weighted by molar-refractivity contribution is 7.89. The Kier molecular flexibility index (Phi) is 8.42. The molecule has 0 radical (unpaired) electrons. The minimum absolute atomic E-state index is 0.0843. The highest BCUT2D eigenvalue weighted by atomic mass is 35.5. The molecule has 1 N–H and O–H groups in total. The van der Waals surface area contributed by atoms with E-state index < -0.39 is 10.0 Å². The van der Waals surface area contributed by atoms with Gasteiger partial charge in [-0.05, 0) is 69.9 Å². The zero-order valence-electron chi connectivity index (χ0n) is 20.6. The third-order valence-electron chi connectivity index (χ3n) is 6.68.